The van der Waals surface area contributed by atoms with Crippen molar-refractivity contribution >= 4 is 22.1 Å². The number of nitrogens with one attached hydrogen (secondary N) is 1. The molecule has 7 nitrogen and oxygen atoms in total. The van der Waals surface area contributed by atoms with Gasteiger partial charge in [-0.15, -0.1) is 0 Å². The highest BCUT2D eigenvalue weighted by Crippen LogP contribution is 2.32. The fourth-order valence-corrected chi connectivity index (χ4v) is 4.74. The van der Waals surface area contributed by atoms with Crippen molar-refractivity contribution < 1.29 is 22.2 Å². The van der Waals surface area contributed by atoms with Gasteiger partial charge < -0.3 is 9.50 Å². The van der Waals surface area contributed by atoms with E-state index < -0.39 is 33.3 Å². The number of urea groups is 1. The Morgan fingerprint density at radius 2 is 1.79 bits per heavy atom. The minimum Gasteiger partial charge on any atom is -0.382 e. The lowest BCUT2D eigenvalue weighted by molar-refractivity contribution is -0.130. The molecule has 8 heteroatoms. The molecule has 4 rings (SSSR count). The highest BCUT2D eigenvalue weighted by atomic mass is 32.2. The molecule has 2 aromatic rings. The van der Waals surface area contributed by atoms with Crippen molar-refractivity contribution in [1.29, 1.82) is 0 Å². The summed E-state index contributed by atoms with van der Waals surface area (Å²) in [7, 11) is -3.95. The van der Waals surface area contributed by atoms with Crippen LogP contribution in [0.5, 0.6) is 5.75 Å². The minimum absolute atomic E-state index is 0.188. The minimum atomic E-state index is -3.95. The Labute approximate surface area is 169 Å². The SMILES string of the molecule is C[C@]1(c2ccc3c(c2)CCC3)NC(=O)N(CCS(=O)(=O)Oc2ccccc2)C1=O. The van der Waals surface area contributed by atoms with Crippen LogP contribution in [0.2, 0.25) is 0 Å². The first kappa shape index (κ1) is 19.4. The van der Waals surface area contributed by atoms with Crippen molar-refractivity contribution in [3.63, 3.8) is 0 Å². The van der Waals surface area contributed by atoms with E-state index in [-0.39, 0.29) is 12.3 Å². The van der Waals surface area contributed by atoms with Gasteiger partial charge in [0.2, 0.25) is 0 Å². The summed E-state index contributed by atoms with van der Waals surface area (Å²) in [6.45, 7) is 1.37. The van der Waals surface area contributed by atoms with Crippen LogP contribution in [-0.4, -0.2) is 37.6 Å². The van der Waals surface area contributed by atoms with E-state index in [9.17, 15) is 18.0 Å². The summed E-state index contributed by atoms with van der Waals surface area (Å²) in [6.07, 6.45) is 3.07. The van der Waals surface area contributed by atoms with E-state index in [0.717, 1.165) is 24.2 Å². The Hall–Kier alpha value is -2.87. The van der Waals surface area contributed by atoms with Gasteiger partial charge in [0, 0.05) is 6.54 Å². The lowest BCUT2D eigenvalue weighted by Gasteiger charge is -2.23. The zero-order chi connectivity index (χ0) is 20.6. The van der Waals surface area contributed by atoms with E-state index in [2.05, 4.69) is 5.32 Å². The lowest BCUT2D eigenvalue weighted by atomic mass is 9.90. The number of nitrogens with zero attached hydrogens (tertiary/aromatic N) is 1. The summed E-state index contributed by atoms with van der Waals surface area (Å²) in [4.78, 5) is 26.4. The second-order valence-electron chi connectivity index (χ2n) is 7.51. The molecule has 0 aromatic heterocycles. The number of hydrogen-bond donors (Lipinski definition) is 1. The fourth-order valence-electron chi connectivity index (χ4n) is 3.85. The molecule has 2 aliphatic rings. The molecule has 29 heavy (non-hydrogen) atoms. The van der Waals surface area contributed by atoms with Crippen molar-refractivity contribution in [2.24, 2.45) is 0 Å². The number of imide groups is 1. The molecule has 1 heterocycles. The fraction of sp³-hybridized carbons (Fsp3) is 0.333. The standard InChI is InChI=1S/C21H22N2O5S/c1-21(17-11-10-15-6-5-7-16(15)14-17)19(24)23(20(25)22-21)12-13-29(26,27)28-18-8-3-2-4-9-18/h2-4,8-11,14H,5-7,12-13H2,1H3,(H,22,25)/t21-/m1/s1. The Morgan fingerprint density at radius 1 is 1.07 bits per heavy atom. The average molecular weight is 414 g/mol. The van der Waals surface area contributed by atoms with Gasteiger partial charge in [0.1, 0.15) is 17.0 Å². The van der Waals surface area contributed by atoms with E-state index in [4.69, 9.17) is 4.18 Å². The van der Waals surface area contributed by atoms with Crippen LogP contribution in [0, 0.1) is 0 Å². The second kappa shape index (κ2) is 7.18. The van der Waals surface area contributed by atoms with Gasteiger partial charge in [-0.2, -0.15) is 8.42 Å². The van der Waals surface area contributed by atoms with E-state index in [1.54, 1.807) is 25.1 Å². The summed E-state index contributed by atoms with van der Waals surface area (Å²) >= 11 is 0. The first-order valence-electron chi connectivity index (χ1n) is 9.52. The lowest BCUT2D eigenvalue weighted by Crippen LogP contribution is -2.41. The van der Waals surface area contributed by atoms with Gasteiger partial charge in [-0.3, -0.25) is 9.69 Å². The third-order valence-corrected chi connectivity index (χ3v) is 6.61. The summed E-state index contributed by atoms with van der Waals surface area (Å²) in [5, 5.41) is 2.73. The van der Waals surface area contributed by atoms with Crippen molar-refractivity contribution in [2.75, 3.05) is 12.3 Å². The van der Waals surface area contributed by atoms with Crippen LogP contribution in [-0.2, 0) is 33.3 Å². The molecule has 0 bridgehead atoms. The van der Waals surface area contributed by atoms with Crippen molar-refractivity contribution in [3.05, 3.63) is 65.2 Å². The Balaban J connectivity index is 1.48. The zero-order valence-corrected chi connectivity index (χ0v) is 16.9. The van der Waals surface area contributed by atoms with Crippen LogP contribution >= 0.6 is 0 Å². The van der Waals surface area contributed by atoms with E-state index in [1.165, 1.54) is 23.3 Å². The summed E-state index contributed by atoms with van der Waals surface area (Å²) in [5.74, 6) is -0.760. The normalized spacial score (nSPS) is 21.2. The third kappa shape index (κ3) is 3.72. The van der Waals surface area contributed by atoms with Crippen LogP contribution in [0.4, 0.5) is 4.79 Å². The second-order valence-corrected chi connectivity index (χ2v) is 9.20. The van der Waals surface area contributed by atoms with Gasteiger partial charge in [-0.1, -0.05) is 36.4 Å². The Kier molecular flexibility index (Phi) is 4.82. The summed E-state index contributed by atoms with van der Waals surface area (Å²) in [5.41, 5.74) is 1.97. The van der Waals surface area contributed by atoms with Crippen LogP contribution < -0.4 is 9.50 Å². The number of hydrogen-bond acceptors (Lipinski definition) is 5. The molecule has 1 saturated heterocycles. The van der Waals surface area contributed by atoms with Crippen molar-refractivity contribution in [1.82, 2.24) is 10.2 Å². The predicted molar refractivity (Wildman–Crippen MR) is 107 cm³/mol. The molecule has 0 saturated carbocycles. The Bertz CT molecular complexity index is 1070. The van der Waals surface area contributed by atoms with Gasteiger partial charge in [0.05, 0.1) is 0 Å². The number of benzene rings is 2. The first-order valence-corrected chi connectivity index (χ1v) is 11.1. The molecule has 0 radical (unpaired) electrons. The molecule has 1 aliphatic carbocycles. The van der Waals surface area contributed by atoms with Crippen LogP contribution in [0.3, 0.4) is 0 Å². The smallest absolute Gasteiger partial charge is 0.325 e. The molecule has 152 valence electrons. The van der Waals surface area contributed by atoms with Crippen LogP contribution in [0.1, 0.15) is 30.0 Å². The number of amides is 3. The number of carbonyl (C=O) groups excluding carboxylic acids is 2. The molecule has 0 spiro atoms. The van der Waals surface area contributed by atoms with Gasteiger partial charge in [0.15, 0.2) is 0 Å². The highest BCUT2D eigenvalue weighted by molar-refractivity contribution is 7.87. The molecule has 2 aromatic carbocycles. The third-order valence-electron chi connectivity index (χ3n) is 5.48. The van der Waals surface area contributed by atoms with E-state index in [1.807, 2.05) is 18.2 Å². The number of para-hydroxylation sites is 1. The maximum absolute atomic E-state index is 13.0. The zero-order valence-electron chi connectivity index (χ0n) is 16.1. The van der Waals surface area contributed by atoms with Crippen LogP contribution in [0.15, 0.2) is 48.5 Å². The summed E-state index contributed by atoms with van der Waals surface area (Å²) in [6, 6.07) is 13.3. The van der Waals surface area contributed by atoms with Crippen molar-refractivity contribution in [3.8, 4) is 5.75 Å². The van der Waals surface area contributed by atoms with Crippen molar-refractivity contribution in [2.45, 2.75) is 31.7 Å². The maximum atomic E-state index is 13.0. The summed E-state index contributed by atoms with van der Waals surface area (Å²) < 4.78 is 29.5. The molecular weight excluding hydrogens is 392 g/mol. The maximum Gasteiger partial charge on any atom is 0.325 e. The number of fused-ring (bicyclic) bond motifs is 1. The van der Waals surface area contributed by atoms with Gasteiger partial charge in [0.25, 0.3) is 5.91 Å². The largest absolute Gasteiger partial charge is 0.382 e. The average Bonchev–Trinajstić information content (AvgIpc) is 3.23. The van der Waals surface area contributed by atoms with Crippen LogP contribution in [0.25, 0.3) is 0 Å². The quantitative estimate of drug-likeness (QED) is 0.579. The number of rotatable bonds is 6. The van der Waals surface area contributed by atoms with E-state index in [0.29, 0.717) is 5.56 Å². The first-order chi connectivity index (χ1) is 13.8. The topological polar surface area (TPSA) is 92.8 Å². The monoisotopic (exact) mass is 414 g/mol. The predicted octanol–water partition coefficient (Wildman–Crippen LogP) is 2.35. The Morgan fingerprint density at radius 3 is 2.55 bits per heavy atom. The molecule has 1 aliphatic heterocycles. The molecular formula is C21H22N2O5S. The van der Waals surface area contributed by atoms with Gasteiger partial charge >= 0.3 is 16.1 Å². The van der Waals surface area contributed by atoms with Gasteiger partial charge in [-0.25, -0.2) is 4.79 Å². The molecule has 1 N–H and O–H groups in total. The number of aryl methyl sites for hydroxylation is 2. The molecule has 3 amide bonds. The molecule has 0 unspecified atom stereocenters. The van der Waals surface area contributed by atoms with Gasteiger partial charge in [-0.05, 0) is 55.0 Å². The molecule has 1 fully saturated rings. The number of carbonyl (C=O) groups is 2. The molecule has 1 atom stereocenters. The van der Waals surface area contributed by atoms with E-state index >= 15 is 0 Å². The highest BCUT2D eigenvalue weighted by Gasteiger charge is 2.49.